The van der Waals surface area contributed by atoms with E-state index in [1.807, 2.05) is 6.92 Å². The molecule has 0 radical (unpaired) electrons. The van der Waals surface area contributed by atoms with Gasteiger partial charge in [-0.25, -0.2) is 4.79 Å². The fourth-order valence-corrected chi connectivity index (χ4v) is 2.19. The molecule has 17 heavy (non-hydrogen) atoms. The summed E-state index contributed by atoms with van der Waals surface area (Å²) in [6.45, 7) is 2.00. The van der Waals surface area contributed by atoms with Gasteiger partial charge in [-0.3, -0.25) is 4.79 Å². The number of carboxylic acids is 1. The van der Waals surface area contributed by atoms with Gasteiger partial charge in [0.1, 0.15) is 0 Å². The monoisotopic (exact) mass is 237 g/mol. The Balaban J connectivity index is 2.06. The van der Waals surface area contributed by atoms with E-state index in [1.165, 1.54) is 12.1 Å². The van der Waals surface area contributed by atoms with Crippen LogP contribution in [-0.2, 0) is 0 Å². The van der Waals surface area contributed by atoms with E-state index in [0.717, 1.165) is 25.7 Å². The third-order valence-electron chi connectivity index (χ3n) is 3.16. The van der Waals surface area contributed by atoms with E-state index in [4.69, 9.17) is 9.52 Å². The van der Waals surface area contributed by atoms with Gasteiger partial charge in [0.2, 0.25) is 5.76 Å². The Morgan fingerprint density at radius 2 is 1.88 bits per heavy atom. The molecule has 1 aliphatic rings. The number of aromatic carboxylic acids is 1. The zero-order chi connectivity index (χ0) is 12.5. The smallest absolute Gasteiger partial charge is 0.371 e. The van der Waals surface area contributed by atoms with E-state index in [2.05, 4.69) is 5.32 Å². The molecule has 1 amide bonds. The molecule has 0 bridgehead atoms. The largest absolute Gasteiger partial charge is 0.475 e. The number of carbonyl (C=O) groups is 2. The minimum Gasteiger partial charge on any atom is -0.475 e. The lowest BCUT2D eigenvalue weighted by atomic mass is 10.0. The van der Waals surface area contributed by atoms with Crippen molar-refractivity contribution < 1.29 is 19.1 Å². The zero-order valence-corrected chi connectivity index (χ0v) is 9.66. The van der Waals surface area contributed by atoms with Gasteiger partial charge < -0.3 is 14.8 Å². The Bertz CT molecular complexity index is 443. The Kier molecular flexibility index (Phi) is 2.92. The van der Waals surface area contributed by atoms with Gasteiger partial charge in [-0.1, -0.05) is 12.8 Å². The summed E-state index contributed by atoms with van der Waals surface area (Å²) >= 11 is 0. The molecule has 1 saturated carbocycles. The predicted octanol–water partition coefficient (Wildman–Crippen LogP) is 2.04. The van der Waals surface area contributed by atoms with Crippen LogP contribution in [0, 0.1) is 0 Å². The van der Waals surface area contributed by atoms with Gasteiger partial charge in [-0.05, 0) is 31.9 Å². The van der Waals surface area contributed by atoms with Crippen LogP contribution in [0.1, 0.15) is 53.7 Å². The van der Waals surface area contributed by atoms with Crippen molar-refractivity contribution in [1.29, 1.82) is 0 Å². The van der Waals surface area contributed by atoms with Crippen LogP contribution in [0.5, 0.6) is 0 Å². The molecular formula is C12H15NO4. The van der Waals surface area contributed by atoms with Crippen LogP contribution >= 0.6 is 0 Å². The van der Waals surface area contributed by atoms with Gasteiger partial charge in [0.25, 0.3) is 5.91 Å². The first-order valence-corrected chi connectivity index (χ1v) is 5.66. The van der Waals surface area contributed by atoms with Crippen molar-refractivity contribution in [3.63, 3.8) is 0 Å². The summed E-state index contributed by atoms with van der Waals surface area (Å²) in [5.74, 6) is -1.68. The quantitative estimate of drug-likeness (QED) is 0.843. The molecule has 1 heterocycles. The number of furan rings is 1. The van der Waals surface area contributed by atoms with Gasteiger partial charge in [0.15, 0.2) is 5.76 Å². The fourth-order valence-electron chi connectivity index (χ4n) is 2.19. The van der Waals surface area contributed by atoms with Crippen LogP contribution in [0.15, 0.2) is 16.5 Å². The highest BCUT2D eigenvalue weighted by molar-refractivity contribution is 5.93. The third kappa shape index (κ3) is 2.49. The molecule has 1 aromatic rings. The molecule has 1 fully saturated rings. The molecule has 2 rings (SSSR count). The number of carboxylic acid groups (broad SMARTS) is 1. The molecular weight excluding hydrogens is 222 g/mol. The van der Waals surface area contributed by atoms with E-state index in [0.29, 0.717) is 0 Å². The zero-order valence-electron chi connectivity index (χ0n) is 9.66. The molecule has 5 heteroatoms. The summed E-state index contributed by atoms with van der Waals surface area (Å²) in [6, 6.07) is 2.67. The number of hydrogen-bond acceptors (Lipinski definition) is 3. The molecule has 0 atom stereocenters. The Hall–Kier alpha value is -1.78. The lowest BCUT2D eigenvalue weighted by Gasteiger charge is -2.24. The van der Waals surface area contributed by atoms with Crippen LogP contribution in [0.4, 0.5) is 0 Å². The summed E-state index contributed by atoms with van der Waals surface area (Å²) in [7, 11) is 0. The molecule has 0 aliphatic heterocycles. The molecule has 1 aromatic heterocycles. The summed E-state index contributed by atoms with van der Waals surface area (Å²) < 4.78 is 4.95. The molecule has 1 aliphatic carbocycles. The summed E-state index contributed by atoms with van der Waals surface area (Å²) in [5.41, 5.74) is -0.187. The van der Waals surface area contributed by atoms with E-state index in [9.17, 15) is 9.59 Å². The molecule has 92 valence electrons. The maximum Gasteiger partial charge on any atom is 0.371 e. The van der Waals surface area contributed by atoms with E-state index in [1.54, 1.807) is 0 Å². The number of nitrogens with one attached hydrogen (secondary N) is 1. The molecule has 0 aromatic carbocycles. The van der Waals surface area contributed by atoms with Crippen molar-refractivity contribution in [3.05, 3.63) is 23.7 Å². The first-order chi connectivity index (χ1) is 8.00. The minimum atomic E-state index is -1.17. The van der Waals surface area contributed by atoms with Crippen LogP contribution in [-0.4, -0.2) is 22.5 Å². The average molecular weight is 237 g/mol. The molecule has 0 saturated heterocycles. The molecule has 0 unspecified atom stereocenters. The van der Waals surface area contributed by atoms with Gasteiger partial charge in [-0.2, -0.15) is 0 Å². The molecule has 0 spiro atoms. The minimum absolute atomic E-state index is 0.0514. The number of carbonyl (C=O) groups excluding carboxylic acids is 1. The first kappa shape index (κ1) is 11.7. The molecule has 5 nitrogen and oxygen atoms in total. The van der Waals surface area contributed by atoms with Crippen LogP contribution in [0.25, 0.3) is 0 Å². The van der Waals surface area contributed by atoms with E-state index in [-0.39, 0.29) is 23.0 Å². The third-order valence-corrected chi connectivity index (χ3v) is 3.16. The van der Waals surface area contributed by atoms with Gasteiger partial charge in [0, 0.05) is 5.54 Å². The van der Waals surface area contributed by atoms with Crippen molar-refractivity contribution in [2.45, 2.75) is 38.1 Å². The van der Waals surface area contributed by atoms with Crippen molar-refractivity contribution in [3.8, 4) is 0 Å². The van der Waals surface area contributed by atoms with Gasteiger partial charge in [-0.15, -0.1) is 0 Å². The summed E-state index contributed by atoms with van der Waals surface area (Å²) in [6.07, 6.45) is 4.11. The van der Waals surface area contributed by atoms with Crippen molar-refractivity contribution >= 4 is 11.9 Å². The van der Waals surface area contributed by atoms with Crippen LogP contribution in [0.3, 0.4) is 0 Å². The van der Waals surface area contributed by atoms with Crippen molar-refractivity contribution in [2.24, 2.45) is 0 Å². The predicted molar refractivity (Wildman–Crippen MR) is 60.0 cm³/mol. The number of amides is 1. The topological polar surface area (TPSA) is 79.5 Å². The highest BCUT2D eigenvalue weighted by Gasteiger charge is 2.31. The Morgan fingerprint density at radius 1 is 1.29 bits per heavy atom. The summed E-state index contributed by atoms with van der Waals surface area (Å²) in [5, 5.41) is 11.6. The lowest BCUT2D eigenvalue weighted by Crippen LogP contribution is -2.43. The standard InChI is InChI=1S/C12H15NO4/c1-12(6-2-3-7-12)13-10(14)8-4-5-9(17-8)11(15)16/h4-5H,2-3,6-7H2,1H3,(H,13,14)(H,15,16). The maximum atomic E-state index is 11.8. The Morgan fingerprint density at radius 3 is 2.41 bits per heavy atom. The van der Waals surface area contributed by atoms with Crippen molar-refractivity contribution in [2.75, 3.05) is 0 Å². The fraction of sp³-hybridized carbons (Fsp3) is 0.500. The normalized spacial score (nSPS) is 17.9. The average Bonchev–Trinajstić information content (AvgIpc) is 2.86. The van der Waals surface area contributed by atoms with E-state index >= 15 is 0 Å². The number of hydrogen-bond donors (Lipinski definition) is 2. The highest BCUT2D eigenvalue weighted by atomic mass is 16.4. The second kappa shape index (κ2) is 4.24. The lowest BCUT2D eigenvalue weighted by molar-refractivity contribution is 0.0659. The highest BCUT2D eigenvalue weighted by Crippen LogP contribution is 2.29. The van der Waals surface area contributed by atoms with Gasteiger partial charge in [0.05, 0.1) is 0 Å². The van der Waals surface area contributed by atoms with Gasteiger partial charge >= 0.3 is 5.97 Å². The second-order valence-electron chi connectivity index (χ2n) is 4.69. The van der Waals surface area contributed by atoms with Crippen molar-refractivity contribution in [1.82, 2.24) is 5.32 Å². The van der Waals surface area contributed by atoms with Crippen LogP contribution in [0.2, 0.25) is 0 Å². The van der Waals surface area contributed by atoms with E-state index < -0.39 is 5.97 Å². The molecule has 2 N–H and O–H groups in total. The Labute approximate surface area is 98.8 Å². The SMILES string of the molecule is CC1(NC(=O)c2ccc(C(=O)O)o2)CCCC1. The van der Waals surface area contributed by atoms with Crippen LogP contribution < -0.4 is 5.32 Å². The number of rotatable bonds is 3. The second-order valence-corrected chi connectivity index (χ2v) is 4.69. The summed E-state index contributed by atoms with van der Waals surface area (Å²) in [4.78, 5) is 22.5. The maximum absolute atomic E-state index is 11.8. The first-order valence-electron chi connectivity index (χ1n) is 5.66.